The minimum atomic E-state index is 0.355. The Balaban J connectivity index is 2.83. The molecule has 0 saturated carbocycles. The van der Waals surface area contributed by atoms with E-state index in [1.165, 1.54) is 0 Å². The van der Waals surface area contributed by atoms with Crippen LogP contribution in [0.25, 0.3) is 6.08 Å². The second-order valence-corrected chi connectivity index (χ2v) is 4.37. The highest BCUT2D eigenvalue weighted by atomic mass is 79.9. The Bertz CT molecular complexity index is 291. The van der Waals surface area contributed by atoms with Crippen LogP contribution in [0.1, 0.15) is 12.7 Å². The van der Waals surface area contributed by atoms with Crippen LogP contribution in [0, 0.1) is 0 Å². The van der Waals surface area contributed by atoms with E-state index in [-0.39, 0.29) is 0 Å². The highest BCUT2D eigenvalue weighted by molar-refractivity contribution is 9.09. The summed E-state index contributed by atoms with van der Waals surface area (Å²) in [6, 6.07) is 0. The number of nitrogens with zero attached hydrogens (tertiary/aromatic N) is 2. The Morgan fingerprint density at radius 3 is 2.83 bits per heavy atom. The summed E-state index contributed by atoms with van der Waals surface area (Å²) in [5.41, 5.74) is 0. The van der Waals surface area contributed by atoms with E-state index < -0.39 is 0 Å². The number of rotatable bonds is 2. The molecule has 0 aromatic carbocycles. The van der Waals surface area contributed by atoms with Crippen molar-refractivity contribution in [3.63, 3.8) is 0 Å². The molecule has 0 radical (unpaired) electrons. The Morgan fingerprint density at radius 1 is 1.75 bits per heavy atom. The zero-order valence-electron chi connectivity index (χ0n) is 6.96. The van der Waals surface area contributed by atoms with Crippen LogP contribution in [-0.2, 0) is 7.05 Å². The number of alkyl halides is 1. The first-order chi connectivity index (χ1) is 5.61. The molecular weight excluding hydrogens is 239 g/mol. The normalized spacial score (nSPS) is 14.0. The van der Waals surface area contributed by atoms with Gasteiger partial charge in [-0.25, -0.2) is 4.98 Å². The van der Waals surface area contributed by atoms with Gasteiger partial charge in [0.15, 0.2) is 0 Å². The van der Waals surface area contributed by atoms with Crippen LogP contribution in [-0.4, -0.2) is 14.4 Å². The molecule has 0 aliphatic rings. The van der Waals surface area contributed by atoms with Crippen LogP contribution >= 0.6 is 27.5 Å². The molecule has 1 rings (SSSR count). The molecule has 2 nitrogen and oxygen atoms in total. The molecule has 66 valence electrons. The molecule has 0 saturated heterocycles. The van der Waals surface area contributed by atoms with E-state index >= 15 is 0 Å². The maximum absolute atomic E-state index is 5.80. The van der Waals surface area contributed by atoms with Gasteiger partial charge in [-0.3, -0.25) is 0 Å². The second kappa shape index (κ2) is 4.10. The molecule has 0 amide bonds. The second-order valence-electron chi connectivity index (χ2n) is 2.53. The van der Waals surface area contributed by atoms with Gasteiger partial charge in [0.2, 0.25) is 0 Å². The van der Waals surface area contributed by atoms with Gasteiger partial charge in [0.1, 0.15) is 11.0 Å². The van der Waals surface area contributed by atoms with Crippen LogP contribution in [0.3, 0.4) is 0 Å². The maximum Gasteiger partial charge on any atom is 0.133 e. The quantitative estimate of drug-likeness (QED) is 0.737. The van der Waals surface area contributed by atoms with Gasteiger partial charge in [-0.2, -0.15) is 0 Å². The number of aromatic nitrogens is 2. The maximum atomic E-state index is 5.80. The van der Waals surface area contributed by atoms with Gasteiger partial charge in [0.25, 0.3) is 0 Å². The minimum absolute atomic E-state index is 0.355. The number of hydrogen-bond acceptors (Lipinski definition) is 1. The predicted octanol–water partition coefficient (Wildman–Crippen LogP) is 2.87. The monoisotopic (exact) mass is 248 g/mol. The van der Waals surface area contributed by atoms with E-state index in [1.54, 1.807) is 6.20 Å². The third-order valence-electron chi connectivity index (χ3n) is 1.48. The highest BCUT2D eigenvalue weighted by Crippen LogP contribution is 2.11. The van der Waals surface area contributed by atoms with E-state index in [1.807, 2.05) is 30.7 Å². The molecule has 1 atom stereocenters. The van der Waals surface area contributed by atoms with Crippen molar-refractivity contribution in [2.75, 3.05) is 0 Å². The SMILES string of the molecule is CC(Br)/C=C/c1ncc(Cl)n1C. The van der Waals surface area contributed by atoms with Crippen LogP contribution in [0.4, 0.5) is 0 Å². The zero-order chi connectivity index (χ0) is 9.14. The summed E-state index contributed by atoms with van der Waals surface area (Å²) in [5.74, 6) is 0.867. The summed E-state index contributed by atoms with van der Waals surface area (Å²) in [4.78, 5) is 4.47. The van der Waals surface area contributed by atoms with Crippen molar-refractivity contribution in [1.29, 1.82) is 0 Å². The first-order valence-corrected chi connectivity index (χ1v) is 4.90. The lowest BCUT2D eigenvalue weighted by Crippen LogP contribution is -1.92. The van der Waals surface area contributed by atoms with E-state index in [2.05, 4.69) is 20.9 Å². The standard InChI is InChI=1S/C8H10BrClN2/c1-6(9)3-4-8-11-5-7(10)12(8)2/h3-6H,1-2H3/b4-3+. The molecule has 0 aliphatic carbocycles. The lowest BCUT2D eigenvalue weighted by atomic mass is 10.4. The van der Waals surface area contributed by atoms with E-state index in [0.717, 1.165) is 5.82 Å². The molecule has 1 aromatic heterocycles. The molecule has 1 unspecified atom stereocenters. The fourth-order valence-corrected chi connectivity index (χ4v) is 1.06. The number of halogens is 2. The molecule has 1 aromatic rings. The van der Waals surface area contributed by atoms with Gasteiger partial charge in [-0.05, 0) is 13.0 Å². The number of imidazole rings is 1. The molecule has 0 aliphatic heterocycles. The molecule has 1 heterocycles. The zero-order valence-corrected chi connectivity index (χ0v) is 9.30. The Labute approximate surface area is 85.4 Å². The molecule has 0 bridgehead atoms. The van der Waals surface area contributed by atoms with Crippen molar-refractivity contribution in [3.8, 4) is 0 Å². The third-order valence-corrected chi connectivity index (χ3v) is 2.13. The lowest BCUT2D eigenvalue weighted by molar-refractivity contribution is 0.897. The van der Waals surface area contributed by atoms with Crippen molar-refractivity contribution < 1.29 is 0 Å². The fourth-order valence-electron chi connectivity index (χ4n) is 0.776. The first kappa shape index (κ1) is 9.81. The van der Waals surface area contributed by atoms with Crippen molar-refractivity contribution in [1.82, 2.24) is 9.55 Å². The number of hydrogen-bond donors (Lipinski definition) is 0. The third kappa shape index (κ3) is 2.35. The summed E-state index contributed by atoms with van der Waals surface area (Å²) in [7, 11) is 1.88. The van der Waals surface area contributed by atoms with Gasteiger partial charge < -0.3 is 4.57 Å². The molecule has 4 heteroatoms. The van der Waals surface area contributed by atoms with Crippen molar-refractivity contribution >= 4 is 33.6 Å². The van der Waals surface area contributed by atoms with Crippen molar-refractivity contribution in [3.05, 3.63) is 23.3 Å². The van der Waals surface area contributed by atoms with Gasteiger partial charge >= 0.3 is 0 Å². The summed E-state index contributed by atoms with van der Waals surface area (Å²) in [6.07, 6.45) is 5.59. The highest BCUT2D eigenvalue weighted by Gasteiger charge is 1.99. The predicted molar refractivity (Wildman–Crippen MR) is 55.6 cm³/mol. The molecule has 12 heavy (non-hydrogen) atoms. The Hall–Kier alpha value is -0.280. The van der Waals surface area contributed by atoms with Gasteiger partial charge in [0.05, 0.1) is 6.20 Å². The largest absolute Gasteiger partial charge is 0.319 e. The van der Waals surface area contributed by atoms with Crippen LogP contribution < -0.4 is 0 Å². The smallest absolute Gasteiger partial charge is 0.133 e. The minimum Gasteiger partial charge on any atom is -0.319 e. The Morgan fingerprint density at radius 2 is 2.42 bits per heavy atom. The molecule has 0 spiro atoms. The van der Waals surface area contributed by atoms with E-state index in [0.29, 0.717) is 9.98 Å². The summed E-state index contributed by atoms with van der Waals surface area (Å²) in [5, 5.41) is 0.650. The van der Waals surface area contributed by atoms with Crippen molar-refractivity contribution in [2.45, 2.75) is 11.8 Å². The van der Waals surface area contributed by atoms with Crippen LogP contribution in [0.2, 0.25) is 5.15 Å². The van der Waals surface area contributed by atoms with Gasteiger partial charge in [-0.1, -0.05) is 33.6 Å². The van der Waals surface area contributed by atoms with Crippen LogP contribution in [0.15, 0.2) is 12.3 Å². The van der Waals surface area contributed by atoms with E-state index in [9.17, 15) is 0 Å². The number of allylic oxidation sites excluding steroid dienone is 1. The fraction of sp³-hybridized carbons (Fsp3) is 0.375. The first-order valence-electron chi connectivity index (χ1n) is 3.60. The topological polar surface area (TPSA) is 17.8 Å². The average molecular weight is 250 g/mol. The average Bonchev–Trinajstić information content (AvgIpc) is 2.30. The lowest BCUT2D eigenvalue weighted by Gasteiger charge is -1.96. The Kier molecular flexibility index (Phi) is 3.35. The van der Waals surface area contributed by atoms with Crippen LogP contribution in [0.5, 0.6) is 0 Å². The summed E-state index contributed by atoms with van der Waals surface area (Å²) < 4.78 is 1.83. The van der Waals surface area contributed by atoms with Gasteiger partial charge in [-0.15, -0.1) is 0 Å². The van der Waals surface area contributed by atoms with Crippen molar-refractivity contribution in [2.24, 2.45) is 7.05 Å². The molecule has 0 fully saturated rings. The van der Waals surface area contributed by atoms with E-state index in [4.69, 9.17) is 11.6 Å². The molecular formula is C8H10BrClN2. The molecule has 0 N–H and O–H groups in total. The van der Waals surface area contributed by atoms with Gasteiger partial charge in [0, 0.05) is 11.9 Å². The summed E-state index contributed by atoms with van der Waals surface area (Å²) in [6.45, 7) is 2.04. The summed E-state index contributed by atoms with van der Waals surface area (Å²) >= 11 is 9.21.